The van der Waals surface area contributed by atoms with Crippen LogP contribution in [0.4, 0.5) is 0 Å². The lowest BCUT2D eigenvalue weighted by Crippen LogP contribution is -2.40. The number of aromatic nitrogens is 2. The van der Waals surface area contributed by atoms with E-state index in [1.807, 2.05) is 27.6 Å². The van der Waals surface area contributed by atoms with E-state index in [2.05, 4.69) is 49.4 Å². The highest BCUT2D eigenvalue weighted by molar-refractivity contribution is 6.26. The molecule has 0 amide bonds. The molecule has 0 saturated heterocycles. The molecule has 0 aliphatic heterocycles. The maximum absolute atomic E-state index is 13.5. The molecule has 5 rings (SSSR count). The molecule has 0 spiro atoms. The fraction of sp³-hybridized carbons (Fsp3) is 0.323. The number of aryl methyl sites for hydroxylation is 3. The number of imidazole rings is 1. The molecule has 0 fully saturated rings. The molecular weight excluding hydrogens is 432 g/mol. The summed E-state index contributed by atoms with van der Waals surface area (Å²) in [5, 5.41) is 2.45. The van der Waals surface area contributed by atoms with Crippen LogP contribution in [0.3, 0.4) is 0 Å². The Bertz CT molecular complexity index is 1380. The third-order valence-electron chi connectivity index (χ3n) is 7.13. The van der Waals surface area contributed by atoms with Crippen molar-refractivity contribution in [2.75, 3.05) is 0 Å². The molecule has 1 aliphatic rings. The molecule has 0 bridgehead atoms. The van der Waals surface area contributed by atoms with E-state index in [9.17, 15) is 9.59 Å². The lowest BCUT2D eigenvalue weighted by atomic mass is 9.90. The van der Waals surface area contributed by atoms with Crippen molar-refractivity contribution in [1.29, 1.82) is 0 Å². The van der Waals surface area contributed by atoms with Crippen molar-refractivity contribution in [2.24, 2.45) is 0 Å². The largest absolute Gasteiger partial charge is 0.284 e. The van der Waals surface area contributed by atoms with E-state index < -0.39 is 0 Å². The summed E-state index contributed by atoms with van der Waals surface area (Å²) in [4.78, 5) is 27.0. The SMILES string of the molecule is CCCCCCCC[n+]1cn(CCc2ccc3ccccc3c2)c2c1C(=O)c1ccccc1C2=O. The van der Waals surface area contributed by atoms with E-state index in [4.69, 9.17) is 0 Å². The van der Waals surface area contributed by atoms with Crippen LogP contribution in [0.15, 0.2) is 73.1 Å². The van der Waals surface area contributed by atoms with Crippen LogP contribution in [-0.4, -0.2) is 16.1 Å². The van der Waals surface area contributed by atoms with Crippen LogP contribution in [0.25, 0.3) is 10.8 Å². The van der Waals surface area contributed by atoms with Gasteiger partial charge >= 0.3 is 0 Å². The molecule has 4 aromatic rings. The van der Waals surface area contributed by atoms with Gasteiger partial charge < -0.3 is 0 Å². The lowest BCUT2D eigenvalue weighted by Gasteiger charge is -2.13. The van der Waals surface area contributed by atoms with Gasteiger partial charge in [0.05, 0.1) is 13.1 Å². The summed E-state index contributed by atoms with van der Waals surface area (Å²) in [6.07, 6.45) is 9.94. The zero-order valence-electron chi connectivity index (χ0n) is 20.5. The first-order chi connectivity index (χ1) is 17.2. The van der Waals surface area contributed by atoms with Crippen LogP contribution in [0.1, 0.15) is 83.1 Å². The maximum atomic E-state index is 13.5. The summed E-state index contributed by atoms with van der Waals surface area (Å²) < 4.78 is 4.05. The average molecular weight is 466 g/mol. The van der Waals surface area contributed by atoms with Crippen molar-refractivity contribution in [3.05, 3.63) is 101 Å². The summed E-state index contributed by atoms with van der Waals surface area (Å²) in [7, 11) is 0. The predicted molar refractivity (Wildman–Crippen MR) is 139 cm³/mol. The minimum absolute atomic E-state index is 0.0364. The zero-order valence-corrected chi connectivity index (χ0v) is 20.5. The smallest absolute Gasteiger partial charge is 0.244 e. The van der Waals surface area contributed by atoms with E-state index in [1.54, 1.807) is 12.1 Å². The van der Waals surface area contributed by atoms with Gasteiger partial charge in [-0.1, -0.05) is 99.3 Å². The van der Waals surface area contributed by atoms with Crippen LogP contribution in [0.2, 0.25) is 0 Å². The first-order valence-corrected chi connectivity index (χ1v) is 13.0. The quantitative estimate of drug-likeness (QED) is 0.179. The average Bonchev–Trinajstić information content (AvgIpc) is 3.26. The molecule has 35 heavy (non-hydrogen) atoms. The number of hydrogen-bond donors (Lipinski definition) is 0. The Balaban J connectivity index is 1.42. The molecule has 0 radical (unpaired) electrons. The van der Waals surface area contributed by atoms with Gasteiger partial charge in [-0.2, -0.15) is 0 Å². The van der Waals surface area contributed by atoms with Gasteiger partial charge in [0, 0.05) is 17.5 Å². The molecule has 0 unspecified atom stereocenters. The number of nitrogens with zero attached hydrogens (tertiary/aromatic N) is 2. The Kier molecular flexibility index (Phi) is 6.89. The Morgan fingerprint density at radius 3 is 2.23 bits per heavy atom. The molecular formula is C31H33N2O2+. The fourth-order valence-electron chi connectivity index (χ4n) is 5.21. The zero-order chi connectivity index (χ0) is 24.2. The second-order valence-electron chi connectivity index (χ2n) is 9.60. The molecule has 4 heteroatoms. The van der Waals surface area contributed by atoms with E-state index in [1.165, 1.54) is 42.0 Å². The third-order valence-corrected chi connectivity index (χ3v) is 7.13. The van der Waals surface area contributed by atoms with Crippen molar-refractivity contribution in [3.8, 4) is 0 Å². The molecule has 1 aliphatic carbocycles. The standard InChI is InChI=1S/C31H33N2O2/c1-2-3-4-5-6-11-19-32-22-33(20-18-23-16-17-24-12-7-8-13-25(24)21-23)29-28(32)30(34)26-14-9-10-15-27(26)31(29)35/h7-10,12-17,21-22H,2-6,11,18-20H2,1H3/q+1. The number of rotatable bonds is 10. The van der Waals surface area contributed by atoms with E-state index in [0.717, 1.165) is 25.8 Å². The van der Waals surface area contributed by atoms with Gasteiger partial charge in [0.1, 0.15) is 0 Å². The highest BCUT2D eigenvalue weighted by Gasteiger charge is 2.40. The second kappa shape index (κ2) is 10.4. The third kappa shape index (κ3) is 4.70. The van der Waals surface area contributed by atoms with E-state index in [0.29, 0.717) is 29.1 Å². The number of unbranched alkanes of at least 4 members (excludes halogenated alkanes) is 5. The summed E-state index contributed by atoms with van der Waals surface area (Å²) in [6.45, 7) is 3.65. The van der Waals surface area contributed by atoms with Crippen molar-refractivity contribution in [1.82, 2.24) is 4.57 Å². The molecule has 178 valence electrons. The minimum Gasteiger partial charge on any atom is -0.284 e. The van der Waals surface area contributed by atoms with Crippen molar-refractivity contribution in [2.45, 2.75) is 65.0 Å². The molecule has 1 aromatic heterocycles. The van der Waals surface area contributed by atoms with Gasteiger partial charge in [-0.25, -0.2) is 9.13 Å². The Labute approximate surface area is 207 Å². The van der Waals surface area contributed by atoms with Crippen LogP contribution in [0.5, 0.6) is 0 Å². The maximum Gasteiger partial charge on any atom is 0.244 e. The normalized spacial score (nSPS) is 12.7. The van der Waals surface area contributed by atoms with E-state index in [-0.39, 0.29) is 11.6 Å². The highest BCUT2D eigenvalue weighted by Crippen LogP contribution is 2.26. The summed E-state index contributed by atoms with van der Waals surface area (Å²) >= 11 is 0. The number of ketones is 2. The molecule has 0 saturated carbocycles. The van der Waals surface area contributed by atoms with E-state index >= 15 is 0 Å². The van der Waals surface area contributed by atoms with Gasteiger partial charge in [0.15, 0.2) is 0 Å². The fourth-order valence-corrected chi connectivity index (χ4v) is 5.21. The molecule has 1 heterocycles. The van der Waals surface area contributed by atoms with Gasteiger partial charge in [0.25, 0.3) is 0 Å². The molecule has 4 nitrogen and oxygen atoms in total. The second-order valence-corrected chi connectivity index (χ2v) is 9.60. The molecule has 3 aromatic carbocycles. The minimum atomic E-state index is -0.0459. The number of carbonyl (C=O) groups excluding carboxylic acids is 2. The number of benzene rings is 3. The first-order valence-electron chi connectivity index (χ1n) is 13.0. The van der Waals surface area contributed by atoms with Gasteiger partial charge in [0.2, 0.25) is 29.3 Å². The Morgan fingerprint density at radius 1 is 0.743 bits per heavy atom. The summed E-state index contributed by atoms with van der Waals surface area (Å²) in [6, 6.07) is 22.1. The number of carbonyl (C=O) groups is 2. The highest BCUT2D eigenvalue weighted by atomic mass is 16.1. The number of hydrogen-bond acceptors (Lipinski definition) is 2. The molecule has 0 atom stereocenters. The number of fused-ring (bicyclic) bond motifs is 3. The molecule has 0 N–H and O–H groups in total. The summed E-state index contributed by atoms with van der Waals surface area (Å²) in [5.41, 5.74) is 3.36. The van der Waals surface area contributed by atoms with Gasteiger partial charge in [-0.15, -0.1) is 0 Å². The van der Waals surface area contributed by atoms with Crippen LogP contribution < -0.4 is 4.57 Å². The van der Waals surface area contributed by atoms with Gasteiger partial charge in [-0.3, -0.25) is 9.59 Å². The van der Waals surface area contributed by atoms with Crippen molar-refractivity contribution >= 4 is 22.3 Å². The van der Waals surface area contributed by atoms with Crippen molar-refractivity contribution in [3.63, 3.8) is 0 Å². The van der Waals surface area contributed by atoms with Crippen molar-refractivity contribution < 1.29 is 14.2 Å². The predicted octanol–water partition coefficient (Wildman–Crippen LogP) is 6.31. The lowest BCUT2D eigenvalue weighted by molar-refractivity contribution is -0.698. The first kappa shape index (κ1) is 23.2. The van der Waals surface area contributed by atoms with Crippen LogP contribution in [0, 0.1) is 0 Å². The monoisotopic (exact) mass is 465 g/mol. The Morgan fingerprint density at radius 2 is 1.43 bits per heavy atom. The topological polar surface area (TPSA) is 43.0 Å². The van der Waals surface area contributed by atoms with Crippen LogP contribution >= 0.6 is 0 Å². The van der Waals surface area contributed by atoms with Crippen LogP contribution in [-0.2, 0) is 19.5 Å². The van der Waals surface area contributed by atoms with Gasteiger partial charge in [-0.05, 0) is 29.2 Å². The summed E-state index contributed by atoms with van der Waals surface area (Å²) in [5.74, 6) is -0.0824. The Hall–Kier alpha value is -3.53.